The van der Waals surface area contributed by atoms with Crippen molar-refractivity contribution in [3.05, 3.63) is 59.7 Å². The topological polar surface area (TPSA) is 47.6 Å². The maximum atomic E-state index is 12.2. The van der Waals surface area contributed by atoms with Gasteiger partial charge in [0.15, 0.2) is 6.10 Å². The Morgan fingerprint density at radius 3 is 1.92 bits per heavy atom. The first-order valence-electron chi connectivity index (χ1n) is 9.15. The number of rotatable bonds is 8. The predicted molar refractivity (Wildman–Crippen MR) is 105 cm³/mol. The molecule has 2 rings (SSSR count). The van der Waals surface area contributed by atoms with Gasteiger partial charge < -0.3 is 14.8 Å². The molecule has 0 aliphatic rings. The Hall–Kier alpha value is -2.49. The molecule has 4 heteroatoms. The summed E-state index contributed by atoms with van der Waals surface area (Å²) < 4.78 is 11.3. The van der Waals surface area contributed by atoms with Gasteiger partial charge in [-0.3, -0.25) is 4.79 Å². The minimum Gasteiger partial charge on any atom is -0.491 e. The van der Waals surface area contributed by atoms with E-state index in [0.717, 1.165) is 11.3 Å². The largest absolute Gasteiger partial charge is 0.491 e. The summed E-state index contributed by atoms with van der Waals surface area (Å²) >= 11 is 0. The molecule has 1 unspecified atom stereocenters. The van der Waals surface area contributed by atoms with E-state index >= 15 is 0 Å². The van der Waals surface area contributed by atoms with Crippen molar-refractivity contribution in [2.45, 2.75) is 59.3 Å². The van der Waals surface area contributed by atoms with E-state index in [1.807, 2.05) is 62.4 Å². The zero-order chi connectivity index (χ0) is 19.1. The highest BCUT2D eigenvalue weighted by Gasteiger charge is 2.14. The highest BCUT2D eigenvalue weighted by Crippen LogP contribution is 2.19. The minimum atomic E-state index is -0.552. The Labute approximate surface area is 156 Å². The third-order valence-electron chi connectivity index (χ3n) is 3.99. The van der Waals surface area contributed by atoms with Crippen molar-refractivity contribution in [1.82, 2.24) is 5.32 Å². The van der Waals surface area contributed by atoms with Crippen molar-refractivity contribution >= 4 is 5.91 Å². The van der Waals surface area contributed by atoms with Gasteiger partial charge in [-0.15, -0.1) is 0 Å². The van der Waals surface area contributed by atoms with Gasteiger partial charge >= 0.3 is 0 Å². The minimum absolute atomic E-state index is 0.138. The van der Waals surface area contributed by atoms with Crippen molar-refractivity contribution in [2.24, 2.45) is 0 Å². The predicted octanol–water partition coefficient (Wildman–Crippen LogP) is 4.68. The average molecular weight is 355 g/mol. The molecule has 0 fully saturated rings. The summed E-state index contributed by atoms with van der Waals surface area (Å²) in [5.41, 5.74) is 2.27. The fourth-order valence-electron chi connectivity index (χ4n) is 2.48. The molecule has 0 heterocycles. The normalized spacial score (nSPS) is 12.1. The molecule has 0 spiro atoms. The van der Waals surface area contributed by atoms with Gasteiger partial charge in [0.1, 0.15) is 11.5 Å². The zero-order valence-corrected chi connectivity index (χ0v) is 16.3. The Morgan fingerprint density at radius 1 is 0.846 bits per heavy atom. The Morgan fingerprint density at radius 2 is 1.38 bits per heavy atom. The van der Waals surface area contributed by atoms with Crippen molar-refractivity contribution < 1.29 is 14.3 Å². The van der Waals surface area contributed by atoms with Crippen LogP contribution in [0.3, 0.4) is 0 Å². The van der Waals surface area contributed by atoms with Crippen LogP contribution in [0.2, 0.25) is 0 Å². The summed E-state index contributed by atoms with van der Waals surface area (Å²) in [5.74, 6) is 1.87. The number of amides is 1. The molecule has 0 bridgehead atoms. The van der Waals surface area contributed by atoms with Gasteiger partial charge in [0.2, 0.25) is 0 Å². The lowest BCUT2D eigenvalue weighted by Gasteiger charge is -2.16. The Balaban J connectivity index is 1.83. The molecule has 0 saturated heterocycles. The van der Waals surface area contributed by atoms with Gasteiger partial charge in [-0.05, 0) is 62.1 Å². The lowest BCUT2D eigenvalue weighted by Crippen LogP contribution is -2.35. The van der Waals surface area contributed by atoms with Crippen molar-refractivity contribution in [3.8, 4) is 11.5 Å². The van der Waals surface area contributed by atoms with Crippen LogP contribution in [0.25, 0.3) is 0 Å². The third-order valence-corrected chi connectivity index (χ3v) is 3.99. The van der Waals surface area contributed by atoms with Gasteiger partial charge in [0.25, 0.3) is 5.91 Å². The zero-order valence-electron chi connectivity index (χ0n) is 16.3. The number of carbonyl (C=O) groups excluding carboxylic acids is 1. The molecular formula is C22H29NO3. The van der Waals surface area contributed by atoms with E-state index in [1.54, 1.807) is 6.92 Å². The molecule has 4 nitrogen and oxygen atoms in total. The monoisotopic (exact) mass is 355 g/mol. The van der Waals surface area contributed by atoms with E-state index in [2.05, 4.69) is 19.2 Å². The summed E-state index contributed by atoms with van der Waals surface area (Å²) in [5, 5.41) is 2.90. The van der Waals surface area contributed by atoms with Crippen LogP contribution in [0.15, 0.2) is 48.5 Å². The molecule has 0 radical (unpaired) electrons. The first-order valence-corrected chi connectivity index (χ1v) is 9.15. The van der Waals surface area contributed by atoms with Crippen LogP contribution in [0.4, 0.5) is 0 Å². The van der Waals surface area contributed by atoms with Crippen LogP contribution in [-0.4, -0.2) is 18.1 Å². The molecule has 140 valence electrons. The summed E-state index contributed by atoms with van der Waals surface area (Å²) in [6, 6.07) is 15.6. The van der Waals surface area contributed by atoms with Gasteiger partial charge in [0, 0.05) is 6.54 Å². The number of benzene rings is 2. The molecule has 2 aromatic carbocycles. The summed E-state index contributed by atoms with van der Waals surface area (Å²) in [6.45, 7) is 10.5. The first-order chi connectivity index (χ1) is 12.3. The maximum Gasteiger partial charge on any atom is 0.261 e. The quantitative estimate of drug-likeness (QED) is 0.748. The van der Waals surface area contributed by atoms with Crippen molar-refractivity contribution in [1.29, 1.82) is 0 Å². The third kappa shape index (κ3) is 6.10. The molecule has 26 heavy (non-hydrogen) atoms. The maximum absolute atomic E-state index is 12.2. The molecule has 0 saturated carbocycles. The average Bonchev–Trinajstić information content (AvgIpc) is 2.60. The molecule has 0 aromatic heterocycles. The lowest BCUT2D eigenvalue weighted by molar-refractivity contribution is -0.127. The molecule has 1 N–H and O–H groups in total. The highest BCUT2D eigenvalue weighted by atomic mass is 16.5. The molecule has 0 aliphatic heterocycles. The smallest absolute Gasteiger partial charge is 0.261 e. The van der Waals surface area contributed by atoms with E-state index < -0.39 is 6.10 Å². The van der Waals surface area contributed by atoms with Gasteiger partial charge in [0.05, 0.1) is 6.10 Å². The Bertz CT molecular complexity index is 690. The van der Waals surface area contributed by atoms with E-state index in [0.29, 0.717) is 18.2 Å². The Kier molecular flexibility index (Phi) is 7.07. The molecule has 2 aromatic rings. The van der Waals surface area contributed by atoms with Gasteiger partial charge in [-0.25, -0.2) is 0 Å². The SMILES string of the molecule is CC(C)Oc1ccc(CNC(=O)C(C)Oc2ccc(C(C)C)cc2)cc1. The van der Waals surface area contributed by atoms with Gasteiger partial charge in [-0.1, -0.05) is 38.1 Å². The number of hydrogen-bond acceptors (Lipinski definition) is 3. The number of nitrogens with one attached hydrogen (secondary N) is 1. The molecule has 0 aliphatic carbocycles. The van der Waals surface area contributed by atoms with E-state index in [4.69, 9.17) is 9.47 Å². The molecule has 1 atom stereocenters. The first kappa shape index (κ1) is 19.8. The second kappa shape index (κ2) is 9.27. The molecule has 1 amide bonds. The second-order valence-electron chi connectivity index (χ2n) is 7.01. The van der Waals surface area contributed by atoms with Crippen LogP contribution < -0.4 is 14.8 Å². The number of carbonyl (C=O) groups is 1. The van der Waals surface area contributed by atoms with Crippen molar-refractivity contribution in [2.75, 3.05) is 0 Å². The fraction of sp³-hybridized carbons (Fsp3) is 0.409. The van der Waals surface area contributed by atoms with E-state index in [1.165, 1.54) is 5.56 Å². The summed E-state index contributed by atoms with van der Waals surface area (Å²) in [6.07, 6.45) is -0.406. The van der Waals surface area contributed by atoms with E-state index in [-0.39, 0.29) is 12.0 Å². The lowest BCUT2D eigenvalue weighted by atomic mass is 10.0. The van der Waals surface area contributed by atoms with Gasteiger partial charge in [-0.2, -0.15) is 0 Å². The van der Waals surface area contributed by atoms with Crippen molar-refractivity contribution in [3.63, 3.8) is 0 Å². The van der Waals surface area contributed by atoms with Crippen LogP contribution in [0.1, 0.15) is 51.7 Å². The highest BCUT2D eigenvalue weighted by molar-refractivity contribution is 5.80. The number of ether oxygens (including phenoxy) is 2. The van der Waals surface area contributed by atoms with E-state index in [9.17, 15) is 4.79 Å². The number of hydrogen-bond donors (Lipinski definition) is 1. The molecular weight excluding hydrogens is 326 g/mol. The van der Waals surface area contributed by atoms with Crippen LogP contribution in [0, 0.1) is 0 Å². The van der Waals surface area contributed by atoms with Crippen LogP contribution >= 0.6 is 0 Å². The standard InChI is InChI=1S/C22H29NO3/c1-15(2)19-8-12-21(13-9-19)26-17(5)22(24)23-14-18-6-10-20(11-7-18)25-16(3)4/h6-13,15-17H,14H2,1-5H3,(H,23,24). The van der Waals surface area contributed by atoms with Crippen LogP contribution in [-0.2, 0) is 11.3 Å². The fourth-order valence-corrected chi connectivity index (χ4v) is 2.48. The van der Waals surface area contributed by atoms with Crippen LogP contribution in [0.5, 0.6) is 11.5 Å². The summed E-state index contributed by atoms with van der Waals surface area (Å²) in [7, 11) is 0. The second-order valence-corrected chi connectivity index (χ2v) is 7.01. The summed E-state index contributed by atoms with van der Waals surface area (Å²) in [4.78, 5) is 12.2.